The minimum Gasteiger partial charge on any atom is -0.129 e. The lowest BCUT2D eigenvalue weighted by molar-refractivity contribution is 1.18. The Balaban J connectivity index is 3.02. The zero-order valence-corrected chi connectivity index (χ0v) is 9.83. The summed E-state index contributed by atoms with van der Waals surface area (Å²) in [4.78, 5) is 3.80. The Morgan fingerprint density at radius 1 is 1.00 bits per heavy atom. The first-order valence-corrected chi connectivity index (χ1v) is 7.17. The molecule has 0 aliphatic heterocycles. The number of benzene rings is 1. The van der Waals surface area contributed by atoms with E-state index in [0.29, 0.717) is 0 Å². The molecule has 12 heavy (non-hydrogen) atoms. The molecule has 1 rings (SSSR count). The van der Waals surface area contributed by atoms with Crippen molar-refractivity contribution in [3.05, 3.63) is 18.2 Å². The molecule has 0 spiro atoms. The number of hydrogen-bond acceptors (Lipinski definition) is 3. The summed E-state index contributed by atoms with van der Waals surface area (Å²) in [6.07, 6.45) is 6.27. The number of thioether (sulfide) groups is 3. The van der Waals surface area contributed by atoms with Crippen molar-refractivity contribution in [2.45, 2.75) is 14.7 Å². The van der Waals surface area contributed by atoms with Gasteiger partial charge in [0.25, 0.3) is 0 Å². The van der Waals surface area contributed by atoms with Crippen molar-refractivity contribution in [3.63, 3.8) is 0 Å². The van der Waals surface area contributed by atoms with Gasteiger partial charge in [-0.15, -0.1) is 35.3 Å². The Bertz CT molecular complexity index is 258. The molecule has 1 aromatic rings. The summed E-state index contributed by atoms with van der Waals surface area (Å²) < 4.78 is 0. The highest BCUT2D eigenvalue weighted by atomic mass is 32.2. The molecule has 0 heterocycles. The van der Waals surface area contributed by atoms with Crippen LogP contribution in [0.25, 0.3) is 0 Å². The van der Waals surface area contributed by atoms with E-state index in [4.69, 9.17) is 0 Å². The first-order chi connectivity index (χ1) is 5.81. The molecule has 1 aromatic carbocycles. The summed E-state index contributed by atoms with van der Waals surface area (Å²) in [6, 6.07) is 7.66. The molecule has 0 aromatic heterocycles. The van der Waals surface area contributed by atoms with Gasteiger partial charge < -0.3 is 0 Å². The van der Waals surface area contributed by atoms with Crippen LogP contribution in [0.5, 0.6) is 0 Å². The average Bonchev–Trinajstić information content (AvgIpc) is 2.16. The van der Waals surface area contributed by atoms with Gasteiger partial charge in [-0.1, -0.05) is 0 Å². The minimum absolute atomic E-state index is 1.22. The smallest absolute Gasteiger partial charge is 0.0296 e. The van der Waals surface area contributed by atoms with Crippen LogP contribution in [-0.2, 0) is 0 Å². The highest BCUT2D eigenvalue weighted by Crippen LogP contribution is 2.30. The third-order valence-electron chi connectivity index (χ3n) is 1.49. The molecule has 0 bridgehead atoms. The van der Waals surface area contributed by atoms with Crippen molar-refractivity contribution in [1.29, 1.82) is 0 Å². The second-order valence-corrected chi connectivity index (χ2v) is 4.64. The predicted octanol–water partition coefficient (Wildman–Crippen LogP) is 3.65. The third-order valence-corrected chi connectivity index (χ3v) is 3.81. The van der Waals surface area contributed by atoms with E-state index in [9.17, 15) is 0 Å². The van der Waals surface area contributed by atoms with Crippen molar-refractivity contribution in [2.24, 2.45) is 0 Å². The zero-order valence-electron chi connectivity index (χ0n) is 7.38. The van der Waals surface area contributed by atoms with E-state index in [2.05, 4.69) is 37.0 Å². The highest BCUT2D eigenvalue weighted by molar-refractivity contribution is 8.01. The Hall–Kier alpha value is 0.270. The number of rotatable bonds is 3. The van der Waals surface area contributed by atoms with Gasteiger partial charge in [0, 0.05) is 20.8 Å². The van der Waals surface area contributed by atoms with Gasteiger partial charge in [0.1, 0.15) is 0 Å². The fourth-order valence-corrected chi connectivity index (χ4v) is 2.77. The van der Waals surface area contributed by atoms with Gasteiger partial charge in [0.2, 0.25) is 0 Å². The van der Waals surface area contributed by atoms with Crippen LogP contribution in [0.1, 0.15) is 0 Å². The maximum absolute atomic E-state index is 3.37. The minimum atomic E-state index is 1.22. The van der Waals surface area contributed by atoms with E-state index in [1.54, 1.807) is 35.3 Å². The van der Waals surface area contributed by atoms with Gasteiger partial charge in [-0.3, -0.25) is 0 Å². The summed E-state index contributed by atoms with van der Waals surface area (Å²) >= 11 is 5.28. The second kappa shape index (κ2) is 5.10. The third kappa shape index (κ3) is 2.38. The first-order valence-electron chi connectivity index (χ1n) is 3.50. The Kier molecular flexibility index (Phi) is 4.40. The normalized spacial score (nSPS) is 10.2. The molecule has 1 radical (unpaired) electrons. The highest BCUT2D eigenvalue weighted by Gasteiger charge is 2.01. The van der Waals surface area contributed by atoms with Gasteiger partial charge in [-0.05, 0) is 30.9 Å². The van der Waals surface area contributed by atoms with Crippen LogP contribution in [0, 0.1) is 6.07 Å². The standard InChI is InChI=1S/C9H11S3/c1-10-7-4-5-8(11-2)9(6-7)12-3/h4-5H,1-3H3. The number of hydrogen-bond donors (Lipinski definition) is 0. The second-order valence-electron chi connectivity index (χ2n) is 2.13. The molecule has 0 N–H and O–H groups in total. The van der Waals surface area contributed by atoms with Gasteiger partial charge >= 0.3 is 0 Å². The van der Waals surface area contributed by atoms with E-state index in [1.807, 2.05) is 0 Å². The quantitative estimate of drug-likeness (QED) is 0.706. The van der Waals surface area contributed by atoms with Gasteiger partial charge in [-0.25, -0.2) is 0 Å². The zero-order chi connectivity index (χ0) is 8.97. The van der Waals surface area contributed by atoms with E-state index in [1.165, 1.54) is 14.7 Å². The van der Waals surface area contributed by atoms with Gasteiger partial charge in [-0.2, -0.15) is 0 Å². The topological polar surface area (TPSA) is 0 Å². The molecular weight excluding hydrogens is 204 g/mol. The molecule has 65 valence electrons. The van der Waals surface area contributed by atoms with Gasteiger partial charge in [0.05, 0.1) is 0 Å². The van der Waals surface area contributed by atoms with Crippen LogP contribution < -0.4 is 0 Å². The van der Waals surface area contributed by atoms with Crippen LogP contribution >= 0.6 is 35.3 Å². The first kappa shape index (κ1) is 10.4. The van der Waals surface area contributed by atoms with Crippen LogP contribution in [-0.4, -0.2) is 18.8 Å². The molecule has 0 aliphatic rings. The molecule has 0 aliphatic carbocycles. The molecule has 0 amide bonds. The summed E-state index contributed by atoms with van der Waals surface area (Å²) in [7, 11) is 0. The Morgan fingerprint density at radius 3 is 2.25 bits per heavy atom. The van der Waals surface area contributed by atoms with Gasteiger partial charge in [0.15, 0.2) is 0 Å². The van der Waals surface area contributed by atoms with Crippen molar-refractivity contribution >= 4 is 35.3 Å². The summed E-state index contributed by atoms with van der Waals surface area (Å²) in [5.41, 5.74) is 0. The van der Waals surface area contributed by atoms with Crippen LogP contribution in [0.3, 0.4) is 0 Å². The Labute approximate surface area is 86.9 Å². The molecule has 0 saturated heterocycles. The summed E-state index contributed by atoms with van der Waals surface area (Å²) in [5, 5.41) is 0. The van der Waals surface area contributed by atoms with E-state index in [-0.39, 0.29) is 0 Å². The SMILES string of the molecule is CSc1[c]c(SC)c(SC)cc1. The fourth-order valence-electron chi connectivity index (χ4n) is 0.874. The molecule has 0 fully saturated rings. The van der Waals surface area contributed by atoms with Crippen molar-refractivity contribution in [3.8, 4) is 0 Å². The van der Waals surface area contributed by atoms with Crippen LogP contribution in [0.2, 0.25) is 0 Å². The summed E-state index contributed by atoms with van der Waals surface area (Å²) in [6.45, 7) is 0. The van der Waals surface area contributed by atoms with E-state index < -0.39 is 0 Å². The van der Waals surface area contributed by atoms with Crippen molar-refractivity contribution in [1.82, 2.24) is 0 Å². The van der Waals surface area contributed by atoms with Crippen LogP contribution in [0.4, 0.5) is 0 Å². The molecule has 0 atom stereocenters. The Morgan fingerprint density at radius 2 is 1.75 bits per heavy atom. The molecule has 3 heteroatoms. The summed E-state index contributed by atoms with van der Waals surface area (Å²) in [5.74, 6) is 0. The largest absolute Gasteiger partial charge is 0.129 e. The lowest BCUT2D eigenvalue weighted by Gasteiger charge is -2.04. The predicted molar refractivity (Wildman–Crippen MR) is 60.6 cm³/mol. The average molecular weight is 215 g/mol. The molecular formula is C9H11S3. The maximum Gasteiger partial charge on any atom is 0.0296 e. The van der Waals surface area contributed by atoms with E-state index in [0.717, 1.165) is 0 Å². The molecule has 0 saturated carbocycles. The van der Waals surface area contributed by atoms with E-state index >= 15 is 0 Å². The maximum atomic E-state index is 3.37. The lowest BCUT2D eigenvalue weighted by atomic mass is 10.4. The monoisotopic (exact) mass is 215 g/mol. The van der Waals surface area contributed by atoms with Crippen LogP contribution in [0.15, 0.2) is 26.8 Å². The molecule has 0 unspecified atom stereocenters. The molecule has 0 nitrogen and oxygen atoms in total. The lowest BCUT2D eigenvalue weighted by Crippen LogP contribution is -1.79. The van der Waals surface area contributed by atoms with Crippen molar-refractivity contribution in [2.75, 3.05) is 18.8 Å². The fraction of sp³-hybridized carbons (Fsp3) is 0.333. The van der Waals surface area contributed by atoms with Crippen molar-refractivity contribution < 1.29 is 0 Å².